The molecule has 0 atom stereocenters. The third kappa shape index (κ3) is 5.90. The number of amides is 2. The number of benzene rings is 2. The molecule has 0 fully saturated rings. The predicted octanol–water partition coefficient (Wildman–Crippen LogP) is 6.52. The van der Waals surface area contributed by atoms with Crippen LogP contribution in [-0.2, 0) is 11.2 Å². The van der Waals surface area contributed by atoms with Crippen LogP contribution in [0.15, 0.2) is 66.7 Å². The minimum atomic E-state index is -0.478. The van der Waals surface area contributed by atoms with Gasteiger partial charge < -0.3 is 15.1 Å². The number of aryl methyl sites for hydroxylation is 1. The van der Waals surface area contributed by atoms with Crippen molar-refractivity contribution in [3.63, 3.8) is 0 Å². The van der Waals surface area contributed by atoms with Crippen molar-refractivity contribution in [3.8, 4) is 10.4 Å². The zero-order valence-electron chi connectivity index (χ0n) is 23.2. The van der Waals surface area contributed by atoms with E-state index < -0.39 is 5.82 Å². The molecule has 1 aliphatic rings. The number of nitrogens with one attached hydrogen (secondary N) is 1. The Morgan fingerprint density at radius 1 is 1.07 bits per heavy atom. The number of aromatic nitrogens is 1. The van der Waals surface area contributed by atoms with E-state index in [1.165, 1.54) is 17.4 Å². The van der Waals surface area contributed by atoms with Crippen LogP contribution in [0.5, 0.6) is 0 Å². The molecule has 7 nitrogen and oxygen atoms in total. The Morgan fingerprint density at radius 3 is 2.63 bits per heavy atom. The van der Waals surface area contributed by atoms with Gasteiger partial charge in [-0.1, -0.05) is 43.3 Å². The number of thiophene rings is 1. The molecule has 0 bridgehead atoms. The molecule has 2 amide bonds. The van der Waals surface area contributed by atoms with Crippen LogP contribution in [0.4, 0.5) is 21.6 Å². The van der Waals surface area contributed by atoms with Gasteiger partial charge in [0.25, 0.3) is 11.8 Å². The number of nitrogens with zero attached hydrogens (tertiary/aromatic N) is 3. The summed E-state index contributed by atoms with van der Waals surface area (Å²) < 4.78 is 14.3. The van der Waals surface area contributed by atoms with Gasteiger partial charge in [0, 0.05) is 43.4 Å². The Morgan fingerprint density at radius 2 is 1.85 bits per heavy atom. The highest BCUT2D eigenvalue weighted by Gasteiger charge is 2.28. The summed E-state index contributed by atoms with van der Waals surface area (Å²) in [6.45, 7) is 4.52. The number of carbonyl (C=O) groups excluding carboxylic acids is 3. The zero-order chi connectivity index (χ0) is 29.1. The number of fused-ring (bicyclic) bond motifs is 3. The summed E-state index contributed by atoms with van der Waals surface area (Å²) in [5, 5.41) is 2.73. The van der Waals surface area contributed by atoms with Gasteiger partial charge in [0.15, 0.2) is 0 Å². The third-order valence-electron chi connectivity index (χ3n) is 7.25. The van der Waals surface area contributed by atoms with Gasteiger partial charge >= 0.3 is 0 Å². The Kier molecular flexibility index (Phi) is 8.26. The molecule has 0 unspecified atom stereocenters. The number of hydrogen-bond acceptors (Lipinski definition) is 6. The van der Waals surface area contributed by atoms with E-state index in [1.54, 1.807) is 36.1 Å². The molecule has 0 spiro atoms. The smallest absolute Gasteiger partial charge is 0.276 e. The van der Waals surface area contributed by atoms with Crippen LogP contribution >= 0.6 is 11.3 Å². The van der Waals surface area contributed by atoms with E-state index in [4.69, 9.17) is 0 Å². The van der Waals surface area contributed by atoms with E-state index >= 15 is 0 Å². The maximum atomic E-state index is 14.3. The van der Waals surface area contributed by atoms with Crippen LogP contribution in [0, 0.1) is 12.7 Å². The molecule has 5 rings (SSSR count). The normalized spacial score (nSPS) is 12.2. The molecule has 0 saturated heterocycles. The molecule has 2 aromatic heterocycles. The van der Waals surface area contributed by atoms with Crippen LogP contribution in [-0.4, -0.2) is 42.7 Å². The van der Waals surface area contributed by atoms with E-state index in [0.29, 0.717) is 54.3 Å². The van der Waals surface area contributed by atoms with Gasteiger partial charge in [-0.05, 0) is 54.8 Å². The molecule has 3 heterocycles. The molecular weight excluding hydrogens is 539 g/mol. The Balaban J connectivity index is 1.41. The number of hydrogen-bond donors (Lipinski definition) is 1. The second kappa shape index (κ2) is 12.0. The van der Waals surface area contributed by atoms with Crippen molar-refractivity contribution in [2.75, 3.05) is 35.3 Å². The fourth-order valence-electron chi connectivity index (χ4n) is 4.86. The number of para-hydroxylation sites is 2. The molecule has 0 aliphatic carbocycles. The topological polar surface area (TPSA) is 82.6 Å². The van der Waals surface area contributed by atoms with Gasteiger partial charge in [-0.15, -0.1) is 11.3 Å². The highest BCUT2D eigenvalue weighted by Crippen LogP contribution is 2.42. The van der Waals surface area contributed by atoms with Crippen LogP contribution in [0.1, 0.15) is 51.1 Å². The highest BCUT2D eigenvalue weighted by atomic mass is 32.1. The lowest BCUT2D eigenvalue weighted by molar-refractivity contribution is -0.118. The number of halogens is 1. The first-order chi connectivity index (χ1) is 19.8. The molecule has 41 heavy (non-hydrogen) atoms. The van der Waals surface area contributed by atoms with Crippen molar-refractivity contribution in [1.82, 2.24) is 4.98 Å². The number of ketones is 1. The molecular formula is C32H31FN4O3S. The van der Waals surface area contributed by atoms with Gasteiger partial charge in [-0.3, -0.25) is 14.4 Å². The van der Waals surface area contributed by atoms with Crippen molar-refractivity contribution in [1.29, 1.82) is 0 Å². The molecule has 4 aromatic rings. The van der Waals surface area contributed by atoms with Crippen LogP contribution in [0.25, 0.3) is 10.4 Å². The lowest BCUT2D eigenvalue weighted by Gasteiger charge is -2.24. The summed E-state index contributed by atoms with van der Waals surface area (Å²) in [6.07, 6.45) is 1.46. The van der Waals surface area contributed by atoms with Crippen LogP contribution < -0.4 is 15.1 Å². The largest absolute Gasteiger partial charge is 0.359 e. The summed E-state index contributed by atoms with van der Waals surface area (Å²) in [7, 11) is 1.86. The Labute approximate surface area is 242 Å². The molecule has 1 N–H and O–H groups in total. The summed E-state index contributed by atoms with van der Waals surface area (Å²) in [4.78, 5) is 48.3. The van der Waals surface area contributed by atoms with Gasteiger partial charge in [0.05, 0.1) is 16.3 Å². The first kappa shape index (κ1) is 28.2. The molecule has 0 saturated carbocycles. The fraction of sp³-hybridized carbons (Fsp3) is 0.250. The molecule has 9 heteroatoms. The molecule has 210 valence electrons. The van der Waals surface area contributed by atoms with Crippen LogP contribution in [0.3, 0.4) is 0 Å². The number of Topliss-reactive ketones (excluding diaryl/α,β-unsaturated/α-hetero) is 1. The number of rotatable bonds is 8. The maximum Gasteiger partial charge on any atom is 0.276 e. The SMILES string of the molecule is CCC(=O)CCN(C)c1cccc(C(=O)N2CCc3cc(C(=O)Nc4c(C)cccc4F)sc3-c3ccccc32)n1. The standard InChI is InChI=1S/C32H31FN4O3S/c1-4-22(38)16-17-36(3)28-14-8-12-25(34-28)32(40)37-18-15-21-19-27(41-30(21)23-10-5-6-13-26(23)37)31(39)35-29-20(2)9-7-11-24(29)33/h5-14,19H,4,15-18H2,1-3H3,(H,35,39). The second-order valence-electron chi connectivity index (χ2n) is 10.0. The summed E-state index contributed by atoms with van der Waals surface area (Å²) in [5.74, 6) is -0.259. The van der Waals surface area contributed by atoms with E-state index in [9.17, 15) is 18.8 Å². The Bertz CT molecular complexity index is 1610. The number of pyridine rings is 1. The van der Waals surface area contributed by atoms with Crippen molar-refractivity contribution in [3.05, 3.63) is 94.2 Å². The van der Waals surface area contributed by atoms with E-state index in [2.05, 4.69) is 10.3 Å². The summed E-state index contributed by atoms with van der Waals surface area (Å²) >= 11 is 1.33. The van der Waals surface area contributed by atoms with Gasteiger partial charge in [0.2, 0.25) is 0 Å². The number of carbonyl (C=O) groups is 3. The monoisotopic (exact) mass is 570 g/mol. The molecule has 1 aliphatic heterocycles. The Hall–Kier alpha value is -4.37. The van der Waals surface area contributed by atoms with Crippen molar-refractivity contribution in [2.24, 2.45) is 0 Å². The quantitative estimate of drug-likeness (QED) is 0.261. The van der Waals surface area contributed by atoms with E-state index in [-0.39, 0.29) is 23.3 Å². The van der Waals surface area contributed by atoms with Crippen LogP contribution in [0.2, 0.25) is 0 Å². The highest BCUT2D eigenvalue weighted by molar-refractivity contribution is 7.17. The average Bonchev–Trinajstić information content (AvgIpc) is 3.35. The predicted molar refractivity (Wildman–Crippen MR) is 162 cm³/mol. The van der Waals surface area contributed by atoms with Crippen molar-refractivity contribution < 1.29 is 18.8 Å². The summed E-state index contributed by atoms with van der Waals surface area (Å²) in [5.41, 5.74) is 3.69. The third-order valence-corrected chi connectivity index (χ3v) is 8.46. The van der Waals surface area contributed by atoms with E-state index in [0.717, 1.165) is 21.7 Å². The summed E-state index contributed by atoms with van der Waals surface area (Å²) in [6, 6.07) is 19.5. The minimum Gasteiger partial charge on any atom is -0.359 e. The van der Waals surface area contributed by atoms with Crippen molar-refractivity contribution >= 4 is 46.1 Å². The van der Waals surface area contributed by atoms with Crippen molar-refractivity contribution in [2.45, 2.75) is 33.1 Å². The fourth-order valence-corrected chi connectivity index (χ4v) is 6.00. The van der Waals surface area contributed by atoms with Gasteiger partial charge in [-0.25, -0.2) is 9.37 Å². The van der Waals surface area contributed by atoms with E-state index in [1.807, 2.05) is 55.3 Å². The van der Waals surface area contributed by atoms with Gasteiger partial charge in [0.1, 0.15) is 23.1 Å². The molecule has 2 aromatic carbocycles. The first-order valence-electron chi connectivity index (χ1n) is 13.6. The lowest BCUT2D eigenvalue weighted by Crippen LogP contribution is -2.33. The number of anilines is 3. The second-order valence-corrected chi connectivity index (χ2v) is 11.1. The zero-order valence-corrected chi connectivity index (χ0v) is 24.1. The average molecular weight is 571 g/mol. The maximum absolute atomic E-state index is 14.3. The first-order valence-corrected chi connectivity index (χ1v) is 14.4. The lowest BCUT2D eigenvalue weighted by atomic mass is 10.1. The minimum absolute atomic E-state index is 0.176. The molecule has 0 radical (unpaired) electrons. The van der Waals surface area contributed by atoms with Gasteiger partial charge in [-0.2, -0.15) is 0 Å².